The van der Waals surface area contributed by atoms with Crippen LogP contribution in [0.2, 0.25) is 0 Å². The Kier molecular flexibility index (Phi) is 4.90. The standard InChI is InChI=1S/C17H29N3OS/c1-13-8-7-9-14-15(13)20(19-16(14)17(2,3)18)12-21-10-11-22(4,5)6/h7-9H,10-12,18H2,1-6H3. The first-order valence-corrected chi connectivity index (χ1v) is 10.6. The van der Waals surface area contributed by atoms with Crippen molar-refractivity contribution in [2.75, 3.05) is 31.1 Å². The van der Waals surface area contributed by atoms with Gasteiger partial charge in [0.05, 0.1) is 23.4 Å². The summed E-state index contributed by atoms with van der Waals surface area (Å²) in [6, 6.07) is 6.25. The Hall–Kier alpha value is -1.04. The van der Waals surface area contributed by atoms with Gasteiger partial charge in [-0.2, -0.15) is 5.10 Å². The first kappa shape index (κ1) is 17.3. The van der Waals surface area contributed by atoms with Gasteiger partial charge in [-0.05, 0) is 45.1 Å². The highest BCUT2D eigenvalue weighted by molar-refractivity contribution is 8.32. The molecule has 0 atom stereocenters. The van der Waals surface area contributed by atoms with Crippen LogP contribution in [-0.2, 0) is 17.0 Å². The quantitative estimate of drug-likeness (QED) is 0.831. The smallest absolute Gasteiger partial charge is 0.140 e. The van der Waals surface area contributed by atoms with E-state index in [-0.39, 0.29) is 0 Å². The Morgan fingerprint density at radius 1 is 1.27 bits per heavy atom. The zero-order chi connectivity index (χ0) is 16.5. The number of nitrogens with two attached hydrogens (primary N) is 1. The van der Waals surface area contributed by atoms with E-state index in [1.807, 2.05) is 18.5 Å². The number of aromatic nitrogens is 2. The average Bonchev–Trinajstić information content (AvgIpc) is 2.74. The molecule has 0 spiro atoms. The first-order chi connectivity index (χ1) is 10.1. The van der Waals surface area contributed by atoms with Crippen molar-refractivity contribution in [3.8, 4) is 0 Å². The number of hydrogen-bond donors (Lipinski definition) is 1. The van der Waals surface area contributed by atoms with Gasteiger partial charge < -0.3 is 10.5 Å². The molecule has 0 saturated heterocycles. The molecule has 124 valence electrons. The highest BCUT2D eigenvalue weighted by atomic mass is 32.3. The van der Waals surface area contributed by atoms with Gasteiger partial charge in [-0.15, -0.1) is 0 Å². The van der Waals surface area contributed by atoms with Crippen LogP contribution < -0.4 is 5.73 Å². The molecule has 22 heavy (non-hydrogen) atoms. The number of hydrogen-bond acceptors (Lipinski definition) is 3. The molecule has 0 unspecified atom stereocenters. The normalized spacial score (nSPS) is 13.8. The van der Waals surface area contributed by atoms with Crippen LogP contribution in [0.3, 0.4) is 0 Å². The minimum Gasteiger partial charge on any atom is -0.358 e. The highest BCUT2D eigenvalue weighted by Gasteiger charge is 2.23. The monoisotopic (exact) mass is 323 g/mol. The molecular weight excluding hydrogens is 294 g/mol. The number of benzene rings is 1. The van der Waals surface area contributed by atoms with E-state index < -0.39 is 15.6 Å². The second-order valence-electron chi connectivity index (χ2n) is 7.37. The molecule has 1 heterocycles. The van der Waals surface area contributed by atoms with E-state index in [4.69, 9.17) is 15.6 Å². The molecular formula is C17H29N3OS. The van der Waals surface area contributed by atoms with Crippen molar-refractivity contribution in [1.82, 2.24) is 9.78 Å². The second-order valence-corrected chi connectivity index (χ2v) is 12.0. The predicted molar refractivity (Wildman–Crippen MR) is 97.9 cm³/mol. The zero-order valence-corrected chi connectivity index (χ0v) is 15.5. The van der Waals surface area contributed by atoms with Gasteiger partial charge >= 0.3 is 0 Å². The van der Waals surface area contributed by atoms with Gasteiger partial charge in [-0.25, -0.2) is 14.7 Å². The summed E-state index contributed by atoms with van der Waals surface area (Å²) in [4.78, 5) is 0. The van der Waals surface area contributed by atoms with E-state index in [0.29, 0.717) is 6.73 Å². The number of fused-ring (bicyclic) bond motifs is 1. The van der Waals surface area contributed by atoms with E-state index in [9.17, 15) is 0 Å². The highest BCUT2D eigenvalue weighted by Crippen LogP contribution is 2.33. The van der Waals surface area contributed by atoms with Gasteiger partial charge in [0, 0.05) is 11.1 Å². The van der Waals surface area contributed by atoms with Crippen molar-refractivity contribution in [1.29, 1.82) is 0 Å². The molecule has 0 aliphatic rings. The second kappa shape index (κ2) is 6.22. The molecule has 5 heteroatoms. The predicted octanol–water partition coefficient (Wildman–Crippen LogP) is 3.21. The van der Waals surface area contributed by atoms with E-state index in [2.05, 4.69) is 43.9 Å². The molecule has 0 aliphatic heterocycles. The summed E-state index contributed by atoms with van der Waals surface area (Å²) >= 11 is 0. The maximum absolute atomic E-state index is 6.28. The van der Waals surface area contributed by atoms with Crippen molar-refractivity contribution in [3.05, 3.63) is 29.5 Å². The van der Waals surface area contributed by atoms with E-state index >= 15 is 0 Å². The summed E-state index contributed by atoms with van der Waals surface area (Å²) in [7, 11) is -0.522. The summed E-state index contributed by atoms with van der Waals surface area (Å²) in [5.74, 6) is 1.11. The molecule has 2 N–H and O–H groups in total. The Labute approximate surface area is 135 Å². The van der Waals surface area contributed by atoms with Gasteiger partial charge in [0.2, 0.25) is 0 Å². The lowest BCUT2D eigenvalue weighted by Gasteiger charge is -2.24. The first-order valence-electron chi connectivity index (χ1n) is 7.59. The van der Waals surface area contributed by atoms with E-state index in [1.54, 1.807) is 0 Å². The Balaban J connectivity index is 2.26. The Morgan fingerprint density at radius 2 is 1.95 bits per heavy atom. The number of aryl methyl sites for hydroxylation is 1. The lowest BCUT2D eigenvalue weighted by molar-refractivity contribution is 0.0834. The largest absolute Gasteiger partial charge is 0.358 e. The van der Waals surface area contributed by atoms with Crippen LogP contribution in [0.15, 0.2) is 18.2 Å². The topological polar surface area (TPSA) is 53.1 Å². The fourth-order valence-electron chi connectivity index (χ4n) is 2.45. The third-order valence-electron chi connectivity index (χ3n) is 3.64. The molecule has 1 aromatic heterocycles. The molecule has 0 saturated carbocycles. The van der Waals surface area contributed by atoms with Gasteiger partial charge in [0.25, 0.3) is 0 Å². The maximum Gasteiger partial charge on any atom is 0.140 e. The molecule has 2 aromatic rings. The van der Waals surface area contributed by atoms with Crippen LogP contribution in [0.5, 0.6) is 0 Å². The third-order valence-corrected chi connectivity index (χ3v) is 5.03. The van der Waals surface area contributed by atoms with Crippen LogP contribution in [0.25, 0.3) is 10.9 Å². The van der Waals surface area contributed by atoms with Crippen LogP contribution in [-0.4, -0.2) is 40.9 Å². The molecule has 2 rings (SSSR count). The number of para-hydroxylation sites is 1. The molecule has 4 nitrogen and oxygen atoms in total. The van der Waals surface area contributed by atoms with Gasteiger partial charge in [-0.1, -0.05) is 18.2 Å². The van der Waals surface area contributed by atoms with Crippen molar-refractivity contribution in [2.45, 2.75) is 33.0 Å². The van der Waals surface area contributed by atoms with Crippen molar-refractivity contribution < 1.29 is 4.74 Å². The summed E-state index contributed by atoms with van der Waals surface area (Å²) in [6.07, 6.45) is 6.91. The Bertz CT molecular complexity index is 650. The van der Waals surface area contributed by atoms with Crippen molar-refractivity contribution in [2.24, 2.45) is 5.73 Å². The van der Waals surface area contributed by atoms with Crippen LogP contribution in [0.1, 0.15) is 25.1 Å². The van der Waals surface area contributed by atoms with Crippen molar-refractivity contribution in [3.63, 3.8) is 0 Å². The summed E-state index contributed by atoms with van der Waals surface area (Å²) in [5, 5.41) is 5.85. The van der Waals surface area contributed by atoms with Gasteiger partial charge in [-0.3, -0.25) is 0 Å². The van der Waals surface area contributed by atoms with E-state index in [1.165, 1.54) is 5.56 Å². The minimum atomic E-state index is -0.522. The summed E-state index contributed by atoms with van der Waals surface area (Å²) in [6.45, 7) is 7.34. The molecule has 0 radical (unpaired) electrons. The molecule has 0 bridgehead atoms. The van der Waals surface area contributed by atoms with Gasteiger partial charge in [0.1, 0.15) is 6.73 Å². The molecule has 0 amide bonds. The number of ether oxygens (including phenoxy) is 1. The third kappa shape index (κ3) is 4.03. The number of rotatable bonds is 6. The Morgan fingerprint density at radius 3 is 2.55 bits per heavy atom. The molecule has 1 aromatic carbocycles. The summed E-state index contributed by atoms with van der Waals surface area (Å²) < 4.78 is 7.82. The van der Waals surface area contributed by atoms with Crippen molar-refractivity contribution >= 4 is 20.9 Å². The molecule has 0 fully saturated rings. The minimum absolute atomic E-state index is 0.465. The van der Waals surface area contributed by atoms with Gasteiger partial charge in [0.15, 0.2) is 0 Å². The number of nitrogens with zero attached hydrogens (tertiary/aromatic N) is 2. The fraction of sp³-hybridized carbons (Fsp3) is 0.588. The lowest BCUT2D eigenvalue weighted by Crippen LogP contribution is -2.29. The summed E-state index contributed by atoms with van der Waals surface area (Å²) in [5.41, 5.74) is 9.07. The van der Waals surface area contributed by atoms with Crippen LogP contribution in [0.4, 0.5) is 0 Å². The van der Waals surface area contributed by atoms with Crippen LogP contribution >= 0.6 is 10.0 Å². The lowest BCUT2D eigenvalue weighted by atomic mass is 9.98. The van der Waals surface area contributed by atoms with E-state index in [0.717, 1.165) is 29.0 Å². The molecule has 0 aliphatic carbocycles. The maximum atomic E-state index is 6.28. The average molecular weight is 324 g/mol. The van der Waals surface area contributed by atoms with Crippen LogP contribution in [0, 0.1) is 6.92 Å². The zero-order valence-electron chi connectivity index (χ0n) is 14.6. The SMILES string of the molecule is Cc1cccc2c(C(C)(C)N)nn(COCCS(C)(C)C)c12. The fourth-order valence-corrected chi connectivity index (χ4v) is 3.06.